The Morgan fingerprint density at radius 3 is 2.47 bits per heavy atom. The van der Waals surface area contributed by atoms with Gasteiger partial charge < -0.3 is 15.5 Å². The fourth-order valence-electron chi connectivity index (χ4n) is 0.953. The molecule has 0 aliphatic carbocycles. The molecule has 0 aliphatic rings. The minimum atomic E-state index is -0.0891. The predicted molar refractivity (Wildman–Crippen MR) is 59.5 cm³/mol. The number of amides is 2. The summed E-state index contributed by atoms with van der Waals surface area (Å²) in [6.45, 7) is 6.13. The predicted octanol–water partition coefficient (Wildman–Crippen LogP) is -0.419. The van der Waals surface area contributed by atoms with Crippen molar-refractivity contribution in [3.63, 3.8) is 0 Å². The quantitative estimate of drug-likeness (QED) is 0.567. The SMILES string of the molecule is CCNCCC(=O)NCC(=O)N(C)CC. The van der Waals surface area contributed by atoms with Crippen LogP contribution in [0.3, 0.4) is 0 Å². The van der Waals surface area contributed by atoms with Crippen molar-refractivity contribution in [2.75, 3.05) is 33.2 Å². The van der Waals surface area contributed by atoms with E-state index in [1.165, 1.54) is 0 Å². The Morgan fingerprint density at radius 2 is 1.93 bits per heavy atom. The van der Waals surface area contributed by atoms with Crippen LogP contribution in [0.5, 0.6) is 0 Å². The second kappa shape index (κ2) is 8.23. The molecule has 0 aromatic carbocycles. The topological polar surface area (TPSA) is 61.4 Å². The molecule has 0 aromatic heterocycles. The van der Waals surface area contributed by atoms with Crippen molar-refractivity contribution in [3.8, 4) is 0 Å². The third kappa shape index (κ3) is 6.90. The zero-order chi connectivity index (χ0) is 11.7. The van der Waals surface area contributed by atoms with Crippen molar-refractivity contribution in [3.05, 3.63) is 0 Å². The highest BCUT2D eigenvalue weighted by Crippen LogP contribution is 1.83. The molecule has 0 aliphatic heterocycles. The highest BCUT2D eigenvalue weighted by molar-refractivity contribution is 5.84. The summed E-state index contributed by atoms with van der Waals surface area (Å²) in [4.78, 5) is 24.1. The zero-order valence-electron chi connectivity index (χ0n) is 9.80. The lowest BCUT2D eigenvalue weighted by Crippen LogP contribution is -2.38. The smallest absolute Gasteiger partial charge is 0.241 e. The summed E-state index contributed by atoms with van der Waals surface area (Å²) >= 11 is 0. The minimum Gasteiger partial charge on any atom is -0.347 e. The first kappa shape index (κ1) is 13.9. The fourth-order valence-corrected chi connectivity index (χ4v) is 0.953. The van der Waals surface area contributed by atoms with E-state index in [9.17, 15) is 9.59 Å². The molecule has 2 N–H and O–H groups in total. The lowest BCUT2D eigenvalue weighted by Gasteiger charge is -2.14. The molecule has 0 unspecified atom stereocenters. The van der Waals surface area contributed by atoms with Gasteiger partial charge in [0.25, 0.3) is 0 Å². The molecule has 5 nitrogen and oxygen atoms in total. The van der Waals surface area contributed by atoms with Crippen molar-refractivity contribution in [1.82, 2.24) is 15.5 Å². The van der Waals surface area contributed by atoms with Crippen LogP contribution < -0.4 is 10.6 Å². The maximum absolute atomic E-state index is 11.3. The number of rotatable bonds is 7. The molecule has 0 spiro atoms. The molecule has 0 saturated carbocycles. The van der Waals surface area contributed by atoms with Crippen LogP contribution in [-0.2, 0) is 9.59 Å². The van der Waals surface area contributed by atoms with Crippen molar-refractivity contribution < 1.29 is 9.59 Å². The van der Waals surface area contributed by atoms with Crippen molar-refractivity contribution >= 4 is 11.8 Å². The van der Waals surface area contributed by atoms with E-state index in [1.54, 1.807) is 11.9 Å². The van der Waals surface area contributed by atoms with E-state index in [1.807, 2.05) is 13.8 Å². The van der Waals surface area contributed by atoms with Gasteiger partial charge >= 0.3 is 0 Å². The van der Waals surface area contributed by atoms with Gasteiger partial charge in [-0.3, -0.25) is 9.59 Å². The highest BCUT2D eigenvalue weighted by atomic mass is 16.2. The minimum absolute atomic E-state index is 0.0608. The Labute approximate surface area is 91.2 Å². The Bertz CT molecular complexity index is 207. The summed E-state index contributed by atoms with van der Waals surface area (Å²) in [6.07, 6.45) is 0.414. The zero-order valence-corrected chi connectivity index (χ0v) is 9.80. The molecule has 0 bridgehead atoms. The fraction of sp³-hybridized carbons (Fsp3) is 0.800. The maximum Gasteiger partial charge on any atom is 0.241 e. The van der Waals surface area contributed by atoms with E-state index in [4.69, 9.17) is 0 Å². The highest BCUT2D eigenvalue weighted by Gasteiger charge is 2.07. The molecule has 15 heavy (non-hydrogen) atoms. The van der Waals surface area contributed by atoms with Crippen molar-refractivity contribution in [1.29, 1.82) is 0 Å². The van der Waals surface area contributed by atoms with Crippen LogP contribution in [0.4, 0.5) is 0 Å². The number of nitrogens with one attached hydrogen (secondary N) is 2. The molecular weight excluding hydrogens is 194 g/mol. The monoisotopic (exact) mass is 215 g/mol. The molecule has 0 rings (SSSR count). The second-order valence-electron chi connectivity index (χ2n) is 3.29. The average molecular weight is 215 g/mol. The molecular formula is C10H21N3O2. The van der Waals surface area contributed by atoms with Gasteiger partial charge in [0.2, 0.25) is 11.8 Å². The summed E-state index contributed by atoms with van der Waals surface area (Å²) in [7, 11) is 1.72. The second-order valence-corrected chi connectivity index (χ2v) is 3.29. The molecule has 2 amide bonds. The summed E-state index contributed by atoms with van der Waals surface area (Å²) in [5, 5.41) is 5.63. The Hall–Kier alpha value is -1.10. The van der Waals surface area contributed by atoms with Crippen molar-refractivity contribution in [2.45, 2.75) is 20.3 Å². The third-order valence-electron chi connectivity index (χ3n) is 2.12. The van der Waals surface area contributed by atoms with E-state index in [0.29, 0.717) is 19.5 Å². The Balaban J connectivity index is 3.57. The van der Waals surface area contributed by atoms with Crippen LogP contribution >= 0.6 is 0 Å². The van der Waals surface area contributed by atoms with E-state index in [2.05, 4.69) is 10.6 Å². The average Bonchev–Trinajstić information content (AvgIpc) is 2.25. The molecule has 0 atom stereocenters. The van der Waals surface area contributed by atoms with Gasteiger partial charge in [-0.2, -0.15) is 0 Å². The van der Waals surface area contributed by atoms with Gasteiger partial charge in [0.1, 0.15) is 0 Å². The summed E-state index contributed by atoms with van der Waals surface area (Å²) in [5.41, 5.74) is 0. The molecule has 0 aromatic rings. The van der Waals surface area contributed by atoms with Gasteiger partial charge in [-0.1, -0.05) is 6.92 Å². The number of likely N-dealkylation sites (N-methyl/N-ethyl adjacent to an activating group) is 1. The number of carbonyl (C=O) groups is 2. The van der Waals surface area contributed by atoms with E-state index < -0.39 is 0 Å². The molecule has 0 radical (unpaired) electrons. The molecule has 0 heterocycles. The summed E-state index contributed by atoms with van der Waals surface area (Å²) in [6, 6.07) is 0. The summed E-state index contributed by atoms with van der Waals surface area (Å²) in [5.74, 6) is -0.150. The van der Waals surface area contributed by atoms with E-state index >= 15 is 0 Å². The standard InChI is InChI=1S/C10H21N3O2/c1-4-11-7-6-9(14)12-8-10(15)13(3)5-2/h11H,4-8H2,1-3H3,(H,12,14). The molecule has 0 saturated heterocycles. The number of hydrogen-bond donors (Lipinski definition) is 2. The van der Waals surface area contributed by atoms with Crippen LogP contribution in [-0.4, -0.2) is 49.9 Å². The van der Waals surface area contributed by atoms with Gasteiger partial charge in [0.05, 0.1) is 6.54 Å². The van der Waals surface area contributed by atoms with Gasteiger partial charge in [-0.15, -0.1) is 0 Å². The van der Waals surface area contributed by atoms with Crippen LogP contribution in [0.2, 0.25) is 0 Å². The third-order valence-corrected chi connectivity index (χ3v) is 2.12. The normalized spacial score (nSPS) is 9.80. The number of hydrogen-bond acceptors (Lipinski definition) is 3. The van der Waals surface area contributed by atoms with Crippen LogP contribution in [0.1, 0.15) is 20.3 Å². The van der Waals surface area contributed by atoms with E-state index in [0.717, 1.165) is 6.54 Å². The molecule has 5 heteroatoms. The lowest BCUT2D eigenvalue weighted by atomic mass is 10.4. The molecule has 0 fully saturated rings. The van der Waals surface area contributed by atoms with Gasteiger partial charge in [0, 0.05) is 26.6 Å². The number of nitrogens with zero attached hydrogens (tertiary/aromatic N) is 1. The first-order valence-corrected chi connectivity index (χ1v) is 5.33. The largest absolute Gasteiger partial charge is 0.347 e. The maximum atomic E-state index is 11.3. The van der Waals surface area contributed by atoms with Gasteiger partial charge in [-0.05, 0) is 13.5 Å². The number of carbonyl (C=O) groups excluding carboxylic acids is 2. The summed E-state index contributed by atoms with van der Waals surface area (Å²) < 4.78 is 0. The van der Waals surface area contributed by atoms with Crippen molar-refractivity contribution in [2.24, 2.45) is 0 Å². The Kier molecular flexibility index (Phi) is 7.62. The first-order valence-electron chi connectivity index (χ1n) is 5.33. The lowest BCUT2D eigenvalue weighted by molar-refractivity contribution is -0.131. The van der Waals surface area contributed by atoms with Crippen LogP contribution in [0.25, 0.3) is 0 Å². The van der Waals surface area contributed by atoms with Crippen LogP contribution in [0, 0.1) is 0 Å². The van der Waals surface area contributed by atoms with Crippen LogP contribution in [0.15, 0.2) is 0 Å². The van der Waals surface area contributed by atoms with Gasteiger partial charge in [-0.25, -0.2) is 0 Å². The first-order chi connectivity index (χ1) is 7.11. The molecule has 88 valence electrons. The Morgan fingerprint density at radius 1 is 1.27 bits per heavy atom. The van der Waals surface area contributed by atoms with E-state index in [-0.39, 0.29) is 18.4 Å². The van der Waals surface area contributed by atoms with Gasteiger partial charge in [0.15, 0.2) is 0 Å².